The second-order valence-corrected chi connectivity index (χ2v) is 5.98. The number of nitrogens with zero attached hydrogens (tertiary/aromatic N) is 2. The minimum absolute atomic E-state index is 0.00421. The first-order valence-electron chi connectivity index (χ1n) is 6.43. The molecule has 2 heterocycles. The van der Waals surface area contributed by atoms with Crippen LogP contribution in [0.25, 0.3) is 0 Å². The van der Waals surface area contributed by atoms with Crippen LogP contribution >= 0.6 is 0 Å². The smallest absolute Gasteiger partial charge is 0.274 e. The van der Waals surface area contributed by atoms with E-state index >= 15 is 0 Å². The van der Waals surface area contributed by atoms with Crippen molar-refractivity contribution in [2.75, 3.05) is 20.1 Å². The molecule has 18 heavy (non-hydrogen) atoms. The molecule has 2 rings (SSSR count). The number of nitrogens with one attached hydrogen (secondary N) is 2. The summed E-state index contributed by atoms with van der Waals surface area (Å²) >= 11 is 0. The lowest BCUT2D eigenvalue weighted by molar-refractivity contribution is 0.0738. The van der Waals surface area contributed by atoms with Gasteiger partial charge in [0.05, 0.1) is 0 Å². The van der Waals surface area contributed by atoms with E-state index in [2.05, 4.69) is 36.3 Å². The van der Waals surface area contributed by atoms with Crippen LogP contribution in [0.15, 0.2) is 6.07 Å². The molecule has 1 aromatic heterocycles. The number of rotatable bonds is 2. The van der Waals surface area contributed by atoms with Gasteiger partial charge < -0.3 is 10.2 Å². The Morgan fingerprint density at radius 3 is 2.72 bits per heavy atom. The summed E-state index contributed by atoms with van der Waals surface area (Å²) in [6, 6.07) is 2.15. The van der Waals surface area contributed by atoms with Gasteiger partial charge in [0.1, 0.15) is 5.69 Å². The van der Waals surface area contributed by atoms with Crippen LogP contribution in [0, 0.1) is 0 Å². The minimum Gasteiger partial charge on any atom is -0.336 e. The van der Waals surface area contributed by atoms with Gasteiger partial charge >= 0.3 is 0 Å². The maximum atomic E-state index is 12.3. The lowest BCUT2D eigenvalue weighted by Crippen LogP contribution is -2.38. The molecule has 5 nitrogen and oxygen atoms in total. The summed E-state index contributed by atoms with van der Waals surface area (Å²) in [5.41, 5.74) is 1.48. The highest BCUT2D eigenvalue weighted by Crippen LogP contribution is 2.21. The lowest BCUT2D eigenvalue weighted by atomic mass is 9.92. The number of H-pyrrole nitrogens is 1. The van der Waals surface area contributed by atoms with E-state index in [0.29, 0.717) is 5.69 Å². The number of likely N-dealkylation sites (N-methyl/N-ethyl adjacent to an activating group) is 1. The second-order valence-electron chi connectivity index (χ2n) is 5.98. The van der Waals surface area contributed by atoms with Crippen molar-refractivity contribution in [3.05, 3.63) is 17.5 Å². The van der Waals surface area contributed by atoms with Crippen molar-refractivity contribution in [3.8, 4) is 0 Å². The highest BCUT2D eigenvalue weighted by atomic mass is 16.2. The summed E-state index contributed by atoms with van der Waals surface area (Å²) in [5.74, 6) is -0.00421. The standard InChI is InChI=1S/C13H22N4O/c1-13(2,3)11-7-10(15-16-11)12(18)17(4)9-5-6-14-8-9/h7,9,14H,5-6,8H2,1-4H3,(H,15,16). The maximum absolute atomic E-state index is 12.3. The molecule has 0 aliphatic carbocycles. The summed E-state index contributed by atoms with van der Waals surface area (Å²) < 4.78 is 0. The fraction of sp³-hybridized carbons (Fsp3) is 0.692. The fourth-order valence-electron chi connectivity index (χ4n) is 2.13. The summed E-state index contributed by atoms with van der Waals surface area (Å²) in [6.45, 7) is 8.15. The third kappa shape index (κ3) is 2.56. The SMILES string of the molecule is CN(C(=O)c1cc(C(C)(C)C)[nH]n1)C1CCNC1. The van der Waals surface area contributed by atoms with Crippen molar-refractivity contribution >= 4 is 5.91 Å². The second kappa shape index (κ2) is 4.72. The van der Waals surface area contributed by atoms with Crippen LogP contribution in [0.5, 0.6) is 0 Å². The summed E-state index contributed by atoms with van der Waals surface area (Å²) in [6.07, 6.45) is 1.01. The highest BCUT2D eigenvalue weighted by molar-refractivity contribution is 5.92. The van der Waals surface area contributed by atoms with Gasteiger partial charge in [-0.25, -0.2) is 0 Å². The van der Waals surface area contributed by atoms with Gasteiger partial charge in [-0.05, 0) is 19.0 Å². The molecule has 0 radical (unpaired) electrons. The molecule has 1 fully saturated rings. The van der Waals surface area contributed by atoms with Gasteiger partial charge in [-0.1, -0.05) is 20.8 Å². The van der Waals surface area contributed by atoms with E-state index < -0.39 is 0 Å². The molecule has 0 aromatic carbocycles. The van der Waals surface area contributed by atoms with Crippen molar-refractivity contribution < 1.29 is 4.79 Å². The van der Waals surface area contributed by atoms with Crippen LogP contribution in [0.1, 0.15) is 43.4 Å². The normalized spacial score (nSPS) is 20.1. The van der Waals surface area contributed by atoms with Crippen molar-refractivity contribution in [2.45, 2.75) is 38.6 Å². The molecule has 1 aliphatic heterocycles. The zero-order valence-electron chi connectivity index (χ0n) is 11.6. The van der Waals surface area contributed by atoms with Gasteiger partial charge in [-0.15, -0.1) is 0 Å². The predicted octanol–water partition coefficient (Wildman–Crippen LogP) is 1.14. The Hall–Kier alpha value is -1.36. The summed E-state index contributed by atoms with van der Waals surface area (Å²) in [7, 11) is 1.85. The minimum atomic E-state index is -0.0149. The van der Waals surface area contributed by atoms with Gasteiger partial charge in [-0.2, -0.15) is 5.10 Å². The Morgan fingerprint density at radius 2 is 2.22 bits per heavy atom. The first-order chi connectivity index (χ1) is 8.39. The molecule has 1 unspecified atom stereocenters. The number of aromatic nitrogens is 2. The molecule has 1 atom stereocenters. The molecule has 1 saturated heterocycles. The molecular weight excluding hydrogens is 228 g/mol. The number of hydrogen-bond acceptors (Lipinski definition) is 3. The van der Waals surface area contributed by atoms with E-state index in [1.165, 1.54) is 0 Å². The number of carbonyl (C=O) groups is 1. The number of aromatic amines is 1. The van der Waals surface area contributed by atoms with Crippen molar-refractivity contribution in [2.24, 2.45) is 0 Å². The topological polar surface area (TPSA) is 61.0 Å². The molecule has 1 aliphatic rings. The van der Waals surface area contributed by atoms with Crippen LogP contribution in [0.2, 0.25) is 0 Å². The zero-order valence-corrected chi connectivity index (χ0v) is 11.6. The highest BCUT2D eigenvalue weighted by Gasteiger charge is 2.26. The van der Waals surface area contributed by atoms with E-state index in [9.17, 15) is 4.79 Å². The molecular formula is C13H22N4O. The largest absolute Gasteiger partial charge is 0.336 e. The van der Waals surface area contributed by atoms with E-state index in [4.69, 9.17) is 0 Å². The lowest BCUT2D eigenvalue weighted by Gasteiger charge is -2.22. The molecule has 0 saturated carbocycles. The van der Waals surface area contributed by atoms with Gasteiger partial charge in [-0.3, -0.25) is 9.89 Å². The van der Waals surface area contributed by atoms with Crippen LogP contribution < -0.4 is 5.32 Å². The molecule has 2 N–H and O–H groups in total. The van der Waals surface area contributed by atoms with Gasteiger partial charge in [0, 0.05) is 30.7 Å². The predicted molar refractivity (Wildman–Crippen MR) is 70.7 cm³/mol. The molecule has 0 spiro atoms. The Bertz CT molecular complexity index is 426. The van der Waals surface area contributed by atoms with Crippen molar-refractivity contribution in [1.29, 1.82) is 0 Å². The third-order valence-electron chi connectivity index (χ3n) is 3.51. The molecule has 5 heteroatoms. The van der Waals surface area contributed by atoms with E-state index in [-0.39, 0.29) is 17.4 Å². The maximum Gasteiger partial charge on any atom is 0.274 e. The third-order valence-corrected chi connectivity index (χ3v) is 3.51. The van der Waals surface area contributed by atoms with E-state index in [1.54, 1.807) is 4.90 Å². The molecule has 100 valence electrons. The summed E-state index contributed by atoms with van der Waals surface area (Å²) in [4.78, 5) is 14.1. The monoisotopic (exact) mass is 250 g/mol. The first kappa shape index (κ1) is 13.1. The van der Waals surface area contributed by atoms with E-state index in [0.717, 1.165) is 25.2 Å². The Kier molecular flexibility index (Phi) is 3.43. The average molecular weight is 250 g/mol. The zero-order chi connectivity index (χ0) is 13.3. The molecule has 1 aromatic rings. The fourth-order valence-corrected chi connectivity index (χ4v) is 2.13. The Morgan fingerprint density at radius 1 is 1.50 bits per heavy atom. The van der Waals surface area contributed by atoms with Crippen LogP contribution in [0.3, 0.4) is 0 Å². The van der Waals surface area contributed by atoms with Gasteiger partial charge in [0.2, 0.25) is 0 Å². The Balaban J connectivity index is 2.11. The Labute approximate surface area is 108 Å². The van der Waals surface area contributed by atoms with Crippen molar-refractivity contribution in [3.63, 3.8) is 0 Å². The average Bonchev–Trinajstić information content (AvgIpc) is 2.96. The van der Waals surface area contributed by atoms with Gasteiger partial charge in [0.15, 0.2) is 0 Å². The quantitative estimate of drug-likeness (QED) is 0.827. The summed E-state index contributed by atoms with van der Waals surface area (Å²) in [5, 5.41) is 10.4. The van der Waals surface area contributed by atoms with Crippen LogP contribution in [-0.2, 0) is 5.41 Å². The van der Waals surface area contributed by atoms with Crippen LogP contribution in [-0.4, -0.2) is 47.2 Å². The van der Waals surface area contributed by atoms with Crippen molar-refractivity contribution in [1.82, 2.24) is 20.4 Å². The molecule has 0 bridgehead atoms. The number of hydrogen-bond donors (Lipinski definition) is 2. The first-order valence-corrected chi connectivity index (χ1v) is 6.43. The number of carbonyl (C=O) groups excluding carboxylic acids is 1. The van der Waals surface area contributed by atoms with Crippen LogP contribution in [0.4, 0.5) is 0 Å². The van der Waals surface area contributed by atoms with Gasteiger partial charge in [0.25, 0.3) is 5.91 Å². The molecule has 1 amide bonds. The number of amides is 1. The van der Waals surface area contributed by atoms with E-state index in [1.807, 2.05) is 13.1 Å².